The van der Waals surface area contributed by atoms with Gasteiger partial charge in [-0.15, -0.1) is 0 Å². The third-order valence-corrected chi connectivity index (χ3v) is 6.52. The SMILES string of the molecule is Cc1cc(F)c(F)c(OCC(=O)[C@H](CC(=O)O)NC(=O)[C@H]2COCCN(C(=O)C(=O)Cc3cccc(C(F)(F)F)c3)C2)c1F. The normalized spacial score (nSPS) is 16.1. The molecule has 2 amide bonds. The largest absolute Gasteiger partial charge is 0.481 e. The lowest BCUT2D eigenvalue weighted by molar-refractivity contribution is -0.145. The van der Waals surface area contributed by atoms with Crippen LogP contribution >= 0.6 is 0 Å². The van der Waals surface area contributed by atoms with Gasteiger partial charge in [-0.1, -0.05) is 18.2 Å². The van der Waals surface area contributed by atoms with Crippen molar-refractivity contribution in [1.82, 2.24) is 10.2 Å². The molecule has 0 bridgehead atoms. The van der Waals surface area contributed by atoms with Gasteiger partial charge in [-0.3, -0.25) is 24.0 Å². The van der Waals surface area contributed by atoms with Gasteiger partial charge >= 0.3 is 12.1 Å². The average Bonchev–Trinajstić information content (AvgIpc) is 3.21. The molecule has 0 spiro atoms. The number of Topliss-reactive ketones (excluding diaryl/α,β-unsaturated/α-hetero) is 2. The summed E-state index contributed by atoms with van der Waals surface area (Å²) in [6.07, 6.45) is -6.30. The number of aryl methyl sites for hydroxylation is 1. The predicted molar refractivity (Wildman–Crippen MR) is 137 cm³/mol. The number of carboxylic acid groups (broad SMARTS) is 1. The van der Waals surface area contributed by atoms with Crippen molar-refractivity contribution < 1.29 is 64.9 Å². The highest BCUT2D eigenvalue weighted by Crippen LogP contribution is 2.30. The van der Waals surface area contributed by atoms with E-state index in [0.717, 1.165) is 30.0 Å². The molecule has 2 aromatic rings. The Labute approximate surface area is 245 Å². The van der Waals surface area contributed by atoms with Crippen molar-refractivity contribution in [3.05, 3.63) is 64.5 Å². The molecule has 0 unspecified atom stereocenters. The number of hydrogen-bond donors (Lipinski definition) is 2. The Morgan fingerprint density at radius 3 is 2.48 bits per heavy atom. The van der Waals surface area contributed by atoms with Crippen LogP contribution in [0, 0.1) is 30.3 Å². The Morgan fingerprint density at radius 2 is 1.82 bits per heavy atom. The number of hydrogen-bond acceptors (Lipinski definition) is 7. The van der Waals surface area contributed by atoms with Crippen LogP contribution in [-0.2, 0) is 41.3 Å². The minimum absolute atomic E-state index is 0.0658. The van der Waals surface area contributed by atoms with Crippen LogP contribution in [0.25, 0.3) is 0 Å². The van der Waals surface area contributed by atoms with Gasteiger partial charge < -0.3 is 24.8 Å². The lowest BCUT2D eigenvalue weighted by Crippen LogP contribution is -2.50. The molecule has 2 atom stereocenters. The zero-order chi connectivity index (χ0) is 32.8. The summed E-state index contributed by atoms with van der Waals surface area (Å²) in [5, 5.41) is 11.4. The summed E-state index contributed by atoms with van der Waals surface area (Å²) in [4.78, 5) is 63.4. The molecule has 1 aliphatic rings. The number of carbonyl (C=O) groups is 5. The molecule has 1 aliphatic heterocycles. The quantitative estimate of drug-likeness (QED) is 0.219. The summed E-state index contributed by atoms with van der Waals surface area (Å²) in [6.45, 7) is -1.07. The van der Waals surface area contributed by atoms with Crippen LogP contribution in [0.15, 0.2) is 30.3 Å². The first-order valence-electron chi connectivity index (χ1n) is 13.0. The lowest BCUT2D eigenvalue weighted by Gasteiger charge is -2.24. The van der Waals surface area contributed by atoms with E-state index in [4.69, 9.17) is 9.47 Å². The molecule has 0 radical (unpaired) electrons. The highest BCUT2D eigenvalue weighted by Gasteiger charge is 2.34. The van der Waals surface area contributed by atoms with Crippen LogP contribution in [0.5, 0.6) is 5.75 Å². The number of alkyl halides is 3. The Bertz CT molecular complexity index is 1420. The molecular weight excluding hydrogens is 606 g/mol. The van der Waals surface area contributed by atoms with Crippen LogP contribution in [0.4, 0.5) is 26.3 Å². The average molecular weight is 633 g/mol. The zero-order valence-electron chi connectivity index (χ0n) is 23.0. The van der Waals surface area contributed by atoms with E-state index in [1.165, 1.54) is 6.07 Å². The molecule has 238 valence electrons. The third-order valence-electron chi connectivity index (χ3n) is 6.52. The topological polar surface area (TPSA) is 139 Å². The maximum absolute atomic E-state index is 14.2. The number of nitrogens with one attached hydrogen (secondary N) is 1. The maximum atomic E-state index is 14.2. The molecule has 1 saturated heterocycles. The second-order valence-corrected chi connectivity index (χ2v) is 9.87. The molecule has 1 heterocycles. The summed E-state index contributed by atoms with van der Waals surface area (Å²) >= 11 is 0. The summed E-state index contributed by atoms with van der Waals surface area (Å²) < 4.78 is 91.0. The Hall–Kier alpha value is -4.47. The Morgan fingerprint density at radius 1 is 1.11 bits per heavy atom. The number of carboxylic acids is 1. The molecule has 10 nitrogen and oxygen atoms in total. The van der Waals surface area contributed by atoms with Gasteiger partial charge in [0, 0.05) is 19.5 Å². The minimum atomic E-state index is -4.66. The van der Waals surface area contributed by atoms with Crippen molar-refractivity contribution in [2.45, 2.75) is 32.0 Å². The number of rotatable bonds is 11. The first kappa shape index (κ1) is 34.0. The van der Waals surface area contributed by atoms with E-state index in [1.54, 1.807) is 0 Å². The lowest BCUT2D eigenvalue weighted by atomic mass is 10.0. The molecule has 16 heteroatoms. The van der Waals surface area contributed by atoms with Gasteiger partial charge in [0.05, 0.1) is 31.1 Å². The summed E-state index contributed by atoms with van der Waals surface area (Å²) in [5.74, 6) is -12.7. The van der Waals surface area contributed by atoms with Gasteiger partial charge in [-0.05, 0) is 30.2 Å². The fraction of sp³-hybridized carbons (Fsp3) is 0.393. The molecule has 2 N–H and O–H groups in total. The Balaban J connectivity index is 1.67. The number of nitrogens with zero attached hydrogens (tertiary/aromatic N) is 1. The van der Waals surface area contributed by atoms with E-state index in [1.807, 2.05) is 0 Å². The number of amides is 2. The number of carbonyl (C=O) groups excluding carboxylic acids is 4. The van der Waals surface area contributed by atoms with E-state index in [2.05, 4.69) is 5.32 Å². The Kier molecular flexibility index (Phi) is 11.1. The van der Waals surface area contributed by atoms with Crippen molar-refractivity contribution in [2.24, 2.45) is 5.92 Å². The molecule has 3 rings (SSSR count). The highest BCUT2D eigenvalue weighted by atomic mass is 19.4. The highest BCUT2D eigenvalue weighted by molar-refractivity contribution is 6.36. The van der Waals surface area contributed by atoms with Crippen LogP contribution in [0.3, 0.4) is 0 Å². The second kappa shape index (κ2) is 14.3. The van der Waals surface area contributed by atoms with E-state index in [0.29, 0.717) is 6.07 Å². The smallest absolute Gasteiger partial charge is 0.416 e. The molecule has 2 aromatic carbocycles. The van der Waals surface area contributed by atoms with E-state index >= 15 is 0 Å². The molecule has 0 aromatic heterocycles. The third kappa shape index (κ3) is 8.78. The fourth-order valence-corrected chi connectivity index (χ4v) is 4.23. The van der Waals surface area contributed by atoms with Crippen molar-refractivity contribution in [1.29, 1.82) is 0 Å². The van der Waals surface area contributed by atoms with E-state index < -0.39 is 102 Å². The number of aliphatic carboxylic acids is 1. The van der Waals surface area contributed by atoms with Crippen molar-refractivity contribution >= 4 is 29.4 Å². The van der Waals surface area contributed by atoms with Crippen LogP contribution in [-0.4, -0.2) is 78.3 Å². The fourth-order valence-electron chi connectivity index (χ4n) is 4.23. The van der Waals surface area contributed by atoms with Gasteiger partial charge in [-0.25, -0.2) is 8.78 Å². The van der Waals surface area contributed by atoms with Gasteiger partial charge in [0.2, 0.25) is 17.5 Å². The number of ketones is 2. The van der Waals surface area contributed by atoms with E-state index in [-0.39, 0.29) is 30.9 Å². The summed E-state index contributed by atoms with van der Waals surface area (Å²) in [6, 6.07) is 2.64. The van der Waals surface area contributed by atoms with Gasteiger partial charge in [-0.2, -0.15) is 17.6 Å². The number of halogens is 6. The minimum Gasteiger partial charge on any atom is -0.481 e. The van der Waals surface area contributed by atoms with Crippen molar-refractivity contribution in [3.8, 4) is 5.75 Å². The zero-order valence-corrected chi connectivity index (χ0v) is 23.0. The molecule has 0 aliphatic carbocycles. The first-order chi connectivity index (χ1) is 20.6. The summed E-state index contributed by atoms with van der Waals surface area (Å²) in [7, 11) is 0. The van der Waals surface area contributed by atoms with Gasteiger partial charge in [0.15, 0.2) is 23.2 Å². The van der Waals surface area contributed by atoms with Crippen LogP contribution in [0.2, 0.25) is 0 Å². The van der Waals surface area contributed by atoms with Gasteiger partial charge in [0.1, 0.15) is 12.6 Å². The summed E-state index contributed by atoms with van der Waals surface area (Å²) in [5.41, 5.74) is -1.40. The molecule has 0 saturated carbocycles. The number of benzene rings is 2. The van der Waals surface area contributed by atoms with Crippen LogP contribution in [0.1, 0.15) is 23.1 Å². The van der Waals surface area contributed by atoms with Crippen molar-refractivity contribution in [3.63, 3.8) is 0 Å². The molecule has 1 fully saturated rings. The predicted octanol–water partition coefficient (Wildman–Crippen LogP) is 2.63. The monoisotopic (exact) mass is 632 g/mol. The van der Waals surface area contributed by atoms with Gasteiger partial charge in [0.25, 0.3) is 5.91 Å². The second-order valence-electron chi connectivity index (χ2n) is 9.87. The van der Waals surface area contributed by atoms with E-state index in [9.17, 15) is 55.4 Å². The maximum Gasteiger partial charge on any atom is 0.416 e. The number of ether oxygens (including phenoxy) is 2. The standard InChI is InChI=1S/C28H26F6N2O8/c1-14-7-18(29)24(31)25(23(14)30)44-13-21(38)19(10-22(39)40)35-26(41)16-11-36(5-6-43-12-16)27(42)20(37)9-15-3-2-4-17(8-15)28(32,33)34/h2-4,7-8,16,19H,5-6,9-13H2,1H3,(H,35,41)(H,39,40)/t16-,19+/m1/s1. The molecule has 44 heavy (non-hydrogen) atoms. The van der Waals surface area contributed by atoms with Crippen LogP contribution < -0.4 is 10.1 Å². The first-order valence-corrected chi connectivity index (χ1v) is 13.0. The molecular formula is C28H26F6N2O8. The van der Waals surface area contributed by atoms with Crippen molar-refractivity contribution in [2.75, 3.05) is 32.9 Å².